The molecule has 2 aliphatic rings. The molecule has 2 aliphatic heterocycles. The van der Waals surface area contributed by atoms with Gasteiger partial charge in [0.05, 0.1) is 24.4 Å². The van der Waals surface area contributed by atoms with E-state index in [-0.39, 0.29) is 51.4 Å². The highest BCUT2D eigenvalue weighted by atomic mass is 32.1. The molecule has 160 valence electrons. The number of rotatable bonds is 2. The molecule has 10 atom stereocenters. The van der Waals surface area contributed by atoms with Gasteiger partial charge in [-0.25, -0.2) is 0 Å². The summed E-state index contributed by atoms with van der Waals surface area (Å²) in [6, 6.07) is 0. The third-order valence-electron chi connectivity index (χ3n) is 4.66. The molecule has 0 bridgehead atoms. The first-order chi connectivity index (χ1) is 11.1. The summed E-state index contributed by atoms with van der Waals surface area (Å²) in [6.07, 6.45) is -5.30. The standard InChI is InChI=1S/2C8H16O4.2H2S/c2*1-4-6(9)7(10)8(11-3)5(2)12-4;;/h2*4-10H,1-3H3;2*1H2/t4-,5-,6+,7+,8-;;;/m0.../s1. The molecule has 0 aromatic heterocycles. The van der Waals surface area contributed by atoms with Gasteiger partial charge in [0.25, 0.3) is 0 Å². The van der Waals surface area contributed by atoms with Crippen LogP contribution in [0.1, 0.15) is 27.7 Å². The monoisotopic (exact) mass is 420 g/mol. The number of methoxy groups -OCH3 is 2. The predicted octanol–water partition coefficient (Wildman–Crippen LogP) is -0.714. The summed E-state index contributed by atoms with van der Waals surface area (Å²) in [5, 5.41) is 37.9. The molecular weight excluding hydrogens is 384 g/mol. The van der Waals surface area contributed by atoms with Crippen LogP contribution in [0.4, 0.5) is 0 Å². The minimum atomic E-state index is -0.855. The lowest BCUT2D eigenvalue weighted by Gasteiger charge is -2.39. The molecule has 0 radical (unpaired) electrons. The van der Waals surface area contributed by atoms with Crippen LogP contribution in [0.2, 0.25) is 0 Å². The highest BCUT2D eigenvalue weighted by Crippen LogP contribution is 2.23. The second kappa shape index (κ2) is 12.8. The quantitative estimate of drug-likeness (QED) is 0.463. The Bertz CT molecular complexity index is 344. The first kappa shape index (κ1) is 28.6. The average Bonchev–Trinajstić information content (AvgIpc) is 2.52. The van der Waals surface area contributed by atoms with Crippen LogP contribution in [0.5, 0.6) is 0 Å². The molecule has 2 fully saturated rings. The van der Waals surface area contributed by atoms with Crippen molar-refractivity contribution in [1.29, 1.82) is 0 Å². The molecule has 5 unspecified atom stereocenters. The van der Waals surface area contributed by atoms with E-state index in [4.69, 9.17) is 18.9 Å². The van der Waals surface area contributed by atoms with Crippen LogP contribution >= 0.6 is 27.0 Å². The van der Waals surface area contributed by atoms with Gasteiger partial charge in [-0.2, -0.15) is 27.0 Å². The molecule has 0 spiro atoms. The van der Waals surface area contributed by atoms with Crippen molar-refractivity contribution in [1.82, 2.24) is 0 Å². The molecule has 0 aromatic rings. The molecule has 10 heteroatoms. The molecule has 0 aliphatic carbocycles. The Labute approximate surface area is 169 Å². The zero-order valence-electron chi connectivity index (χ0n) is 16.2. The lowest BCUT2D eigenvalue weighted by atomic mass is 9.96. The van der Waals surface area contributed by atoms with E-state index in [1.807, 2.05) is 13.8 Å². The average molecular weight is 421 g/mol. The first-order valence-electron chi connectivity index (χ1n) is 8.24. The van der Waals surface area contributed by atoms with Gasteiger partial charge in [-0.05, 0) is 27.7 Å². The largest absolute Gasteiger partial charge is 0.388 e. The summed E-state index contributed by atoms with van der Waals surface area (Å²) in [4.78, 5) is 0. The van der Waals surface area contributed by atoms with Crippen molar-refractivity contribution in [2.75, 3.05) is 14.2 Å². The molecule has 2 heterocycles. The SMILES string of the molecule is COC1C(C)OC(C)C(O)C1O.CO[C@@H]1[C@H](O)[C@H](O)[C@H](C)O[C@H]1C.S.S. The molecule has 4 N–H and O–H groups in total. The second-order valence-electron chi connectivity index (χ2n) is 6.46. The van der Waals surface area contributed by atoms with E-state index < -0.39 is 36.6 Å². The van der Waals surface area contributed by atoms with Crippen LogP contribution in [0.15, 0.2) is 0 Å². The highest BCUT2D eigenvalue weighted by Gasteiger charge is 2.41. The maximum absolute atomic E-state index is 9.52. The van der Waals surface area contributed by atoms with E-state index in [0.717, 1.165) is 0 Å². The third kappa shape index (κ3) is 6.77. The van der Waals surface area contributed by atoms with E-state index in [9.17, 15) is 20.4 Å². The van der Waals surface area contributed by atoms with Gasteiger partial charge >= 0.3 is 0 Å². The number of hydrogen-bond acceptors (Lipinski definition) is 8. The van der Waals surface area contributed by atoms with Crippen molar-refractivity contribution >= 4 is 27.0 Å². The fraction of sp³-hybridized carbons (Fsp3) is 1.00. The van der Waals surface area contributed by atoms with E-state index >= 15 is 0 Å². The number of aliphatic hydroxyl groups excluding tert-OH is 4. The van der Waals surface area contributed by atoms with Gasteiger partial charge in [0.2, 0.25) is 0 Å². The van der Waals surface area contributed by atoms with Crippen LogP contribution in [0.25, 0.3) is 0 Å². The van der Waals surface area contributed by atoms with E-state index in [1.165, 1.54) is 14.2 Å². The predicted molar refractivity (Wildman–Crippen MR) is 106 cm³/mol. The Morgan fingerprint density at radius 2 is 0.808 bits per heavy atom. The van der Waals surface area contributed by atoms with Crippen molar-refractivity contribution in [3.8, 4) is 0 Å². The Balaban J connectivity index is 0. The fourth-order valence-corrected chi connectivity index (χ4v) is 3.15. The van der Waals surface area contributed by atoms with Gasteiger partial charge in [0.1, 0.15) is 36.6 Å². The van der Waals surface area contributed by atoms with Crippen molar-refractivity contribution in [3.63, 3.8) is 0 Å². The van der Waals surface area contributed by atoms with Gasteiger partial charge in [-0.1, -0.05) is 0 Å². The molecule has 0 saturated carbocycles. The number of aliphatic hydroxyl groups is 4. The minimum Gasteiger partial charge on any atom is -0.388 e. The van der Waals surface area contributed by atoms with Crippen LogP contribution in [0, 0.1) is 0 Å². The van der Waals surface area contributed by atoms with E-state index in [1.54, 1.807) is 13.8 Å². The molecule has 0 amide bonds. The summed E-state index contributed by atoms with van der Waals surface area (Å²) in [7, 11) is 2.99. The topological polar surface area (TPSA) is 118 Å². The van der Waals surface area contributed by atoms with Crippen LogP contribution in [0.3, 0.4) is 0 Å². The second-order valence-corrected chi connectivity index (χ2v) is 6.46. The Kier molecular flexibility index (Phi) is 14.0. The minimum absolute atomic E-state index is 0. The number of ether oxygens (including phenoxy) is 4. The van der Waals surface area contributed by atoms with Gasteiger partial charge < -0.3 is 39.4 Å². The maximum atomic E-state index is 9.52. The molecular formula is C16H36O8S2. The van der Waals surface area contributed by atoms with Crippen LogP contribution in [-0.2, 0) is 18.9 Å². The van der Waals surface area contributed by atoms with Crippen LogP contribution < -0.4 is 0 Å². The maximum Gasteiger partial charge on any atom is 0.111 e. The molecule has 2 saturated heterocycles. The lowest BCUT2D eigenvalue weighted by molar-refractivity contribution is -0.219. The molecule has 26 heavy (non-hydrogen) atoms. The zero-order valence-corrected chi connectivity index (χ0v) is 18.2. The fourth-order valence-electron chi connectivity index (χ4n) is 3.15. The zero-order chi connectivity index (χ0) is 18.6. The third-order valence-corrected chi connectivity index (χ3v) is 4.66. The van der Waals surface area contributed by atoms with Gasteiger partial charge in [-0.15, -0.1) is 0 Å². The van der Waals surface area contributed by atoms with Crippen molar-refractivity contribution in [3.05, 3.63) is 0 Å². The Hall–Kier alpha value is 0.380. The normalized spacial score (nSPS) is 45.5. The number of hydrogen-bond donors (Lipinski definition) is 4. The lowest BCUT2D eigenvalue weighted by Crippen LogP contribution is -2.56. The first-order valence-corrected chi connectivity index (χ1v) is 8.24. The summed E-state index contributed by atoms with van der Waals surface area (Å²) >= 11 is 0. The summed E-state index contributed by atoms with van der Waals surface area (Å²) < 4.78 is 20.7. The molecule has 2 rings (SSSR count). The molecule has 0 aromatic carbocycles. The molecule has 8 nitrogen and oxygen atoms in total. The Morgan fingerprint density at radius 1 is 0.538 bits per heavy atom. The summed E-state index contributed by atoms with van der Waals surface area (Å²) in [5.41, 5.74) is 0. The van der Waals surface area contributed by atoms with Gasteiger partial charge in [0, 0.05) is 14.2 Å². The summed E-state index contributed by atoms with van der Waals surface area (Å²) in [5.74, 6) is 0. The van der Waals surface area contributed by atoms with E-state index in [2.05, 4.69) is 0 Å². The van der Waals surface area contributed by atoms with Gasteiger partial charge in [0.15, 0.2) is 0 Å². The van der Waals surface area contributed by atoms with E-state index in [0.29, 0.717) is 0 Å². The smallest absolute Gasteiger partial charge is 0.111 e. The van der Waals surface area contributed by atoms with Gasteiger partial charge in [-0.3, -0.25) is 0 Å². The summed E-state index contributed by atoms with van der Waals surface area (Å²) in [6.45, 7) is 7.10. The highest BCUT2D eigenvalue weighted by molar-refractivity contribution is 7.59. The van der Waals surface area contributed by atoms with Crippen molar-refractivity contribution in [2.24, 2.45) is 0 Å². The van der Waals surface area contributed by atoms with Crippen LogP contribution in [-0.4, -0.2) is 95.7 Å². The van der Waals surface area contributed by atoms with Crippen molar-refractivity contribution in [2.45, 2.75) is 88.7 Å². The Morgan fingerprint density at radius 3 is 1.04 bits per heavy atom. The van der Waals surface area contributed by atoms with Crippen molar-refractivity contribution < 1.29 is 39.4 Å².